The number of ether oxygens (including phenoxy) is 4. The van der Waals surface area contributed by atoms with Crippen LogP contribution in [-0.4, -0.2) is 97.5 Å². The first-order chi connectivity index (χ1) is 27.1. The minimum absolute atomic E-state index is 0.0364. The van der Waals surface area contributed by atoms with Gasteiger partial charge in [-0.3, -0.25) is 9.35 Å². The van der Waals surface area contributed by atoms with Gasteiger partial charge in [0.25, 0.3) is 0 Å². The molecule has 13 heteroatoms. The zero-order chi connectivity index (χ0) is 41.1. The second kappa shape index (κ2) is 35.5. The van der Waals surface area contributed by atoms with Gasteiger partial charge in [-0.15, -0.1) is 0 Å². The van der Waals surface area contributed by atoms with Gasteiger partial charge in [0.15, 0.2) is 6.29 Å². The van der Waals surface area contributed by atoms with Crippen molar-refractivity contribution in [1.82, 2.24) is 0 Å². The van der Waals surface area contributed by atoms with E-state index in [1.165, 1.54) is 109 Å². The monoisotopic (exact) mass is 821 g/mol. The zero-order valence-corrected chi connectivity index (χ0v) is 35.8. The van der Waals surface area contributed by atoms with Crippen molar-refractivity contribution >= 4 is 16.4 Å². The predicted octanol–water partition coefficient (Wildman–Crippen LogP) is 8.85. The molecule has 0 aromatic rings. The van der Waals surface area contributed by atoms with Gasteiger partial charge in [-0.25, -0.2) is 4.18 Å². The molecule has 330 valence electrons. The van der Waals surface area contributed by atoms with Crippen LogP contribution in [0.3, 0.4) is 0 Å². The molecule has 1 aliphatic rings. The van der Waals surface area contributed by atoms with Gasteiger partial charge in [0.05, 0.1) is 19.8 Å². The Morgan fingerprint density at radius 3 is 1.70 bits per heavy atom. The van der Waals surface area contributed by atoms with Crippen LogP contribution < -0.4 is 0 Å². The summed E-state index contributed by atoms with van der Waals surface area (Å²) < 4.78 is 58.8. The van der Waals surface area contributed by atoms with Gasteiger partial charge >= 0.3 is 16.4 Å². The van der Waals surface area contributed by atoms with Crippen molar-refractivity contribution in [3.05, 3.63) is 24.3 Å². The SMILES string of the molecule is CCCCCCC/C=C\C/C=C\CCCCCCCCCCCCOCC(COC1OC(CO)C(O)C(OS(=O)(=O)O)C1O)OC(=O)CCCCCCCCC. The number of carbonyl (C=O) groups is 1. The molecule has 1 aliphatic heterocycles. The number of allylic oxidation sites excluding steroid dienone is 4. The molecule has 1 heterocycles. The van der Waals surface area contributed by atoms with E-state index < -0.39 is 59.8 Å². The molecule has 6 unspecified atom stereocenters. The Bertz CT molecular complexity index is 1080. The molecule has 4 N–H and O–H groups in total. The fourth-order valence-electron chi connectivity index (χ4n) is 6.70. The summed E-state index contributed by atoms with van der Waals surface area (Å²) in [6, 6.07) is 0. The standard InChI is InChI=1S/C43H80O12S/c1-3-5-7-9-11-12-13-14-15-16-17-18-19-20-21-22-23-24-25-27-29-31-33-51-35-37(53-39(45)32-30-28-26-10-8-6-4-2)36-52-43-41(47)42(55-56(48,49)50)40(46)38(34-44)54-43/h13-14,16-17,37-38,40-44,46-47H,3-12,15,18-36H2,1-2H3,(H,48,49,50)/b14-13-,17-16-. The molecule has 0 saturated carbocycles. The molecule has 56 heavy (non-hydrogen) atoms. The lowest BCUT2D eigenvalue weighted by Crippen LogP contribution is -2.60. The van der Waals surface area contributed by atoms with E-state index in [0.29, 0.717) is 13.0 Å². The van der Waals surface area contributed by atoms with E-state index in [1.807, 2.05) is 0 Å². The third-order valence-electron chi connectivity index (χ3n) is 10.1. The molecular weight excluding hydrogens is 741 g/mol. The van der Waals surface area contributed by atoms with Crippen LogP contribution in [0.2, 0.25) is 0 Å². The van der Waals surface area contributed by atoms with Gasteiger partial charge in [0.2, 0.25) is 0 Å². The number of aliphatic hydroxyl groups is 3. The van der Waals surface area contributed by atoms with Gasteiger partial charge in [-0.05, 0) is 44.9 Å². The second-order valence-corrected chi connectivity index (χ2v) is 16.3. The molecule has 0 aromatic carbocycles. The minimum Gasteiger partial charge on any atom is -0.457 e. The maximum absolute atomic E-state index is 12.7. The van der Waals surface area contributed by atoms with Gasteiger partial charge < -0.3 is 34.3 Å². The van der Waals surface area contributed by atoms with Crippen LogP contribution in [0, 0.1) is 0 Å². The van der Waals surface area contributed by atoms with Crippen molar-refractivity contribution < 1.29 is 56.2 Å². The number of aliphatic hydroxyl groups excluding tert-OH is 3. The zero-order valence-electron chi connectivity index (χ0n) is 34.9. The Hall–Kier alpha value is -1.42. The molecule has 0 aromatic heterocycles. The molecule has 1 fully saturated rings. The van der Waals surface area contributed by atoms with Gasteiger partial charge in [0.1, 0.15) is 30.5 Å². The number of rotatable bonds is 38. The van der Waals surface area contributed by atoms with Gasteiger partial charge in [0, 0.05) is 13.0 Å². The van der Waals surface area contributed by atoms with E-state index in [2.05, 4.69) is 42.3 Å². The van der Waals surface area contributed by atoms with Crippen molar-refractivity contribution in [3.8, 4) is 0 Å². The van der Waals surface area contributed by atoms with Crippen molar-refractivity contribution in [2.75, 3.05) is 26.4 Å². The molecule has 0 radical (unpaired) electrons. The Labute approximate surface area is 340 Å². The molecule has 0 spiro atoms. The average molecular weight is 821 g/mol. The molecule has 0 amide bonds. The lowest BCUT2D eigenvalue weighted by molar-refractivity contribution is -0.301. The van der Waals surface area contributed by atoms with E-state index in [0.717, 1.165) is 44.9 Å². The Kier molecular flexibility index (Phi) is 33.4. The quantitative estimate of drug-likeness (QED) is 0.0202. The van der Waals surface area contributed by atoms with E-state index in [4.69, 9.17) is 23.5 Å². The number of esters is 1. The summed E-state index contributed by atoms with van der Waals surface area (Å²) in [6.07, 6.45) is 29.6. The normalized spacial score (nSPS) is 21.0. The Morgan fingerprint density at radius 2 is 1.18 bits per heavy atom. The van der Waals surface area contributed by atoms with Crippen LogP contribution >= 0.6 is 0 Å². The molecule has 6 atom stereocenters. The lowest BCUT2D eigenvalue weighted by atomic mass is 9.99. The summed E-state index contributed by atoms with van der Waals surface area (Å²) in [7, 11) is -5.05. The molecule has 0 bridgehead atoms. The number of hydrogen-bond donors (Lipinski definition) is 4. The highest BCUT2D eigenvalue weighted by Crippen LogP contribution is 2.26. The number of hydrogen-bond acceptors (Lipinski definition) is 11. The van der Waals surface area contributed by atoms with Crippen molar-refractivity contribution in [2.45, 2.75) is 218 Å². The molecule has 0 aliphatic carbocycles. The van der Waals surface area contributed by atoms with Crippen molar-refractivity contribution in [3.63, 3.8) is 0 Å². The van der Waals surface area contributed by atoms with Crippen LogP contribution in [-0.2, 0) is 38.3 Å². The van der Waals surface area contributed by atoms with Gasteiger partial charge in [-0.1, -0.05) is 154 Å². The van der Waals surface area contributed by atoms with Crippen LogP contribution in [0.4, 0.5) is 0 Å². The first-order valence-corrected chi connectivity index (χ1v) is 23.5. The topological polar surface area (TPSA) is 178 Å². The second-order valence-electron chi connectivity index (χ2n) is 15.3. The van der Waals surface area contributed by atoms with E-state index in [1.54, 1.807) is 0 Å². The van der Waals surface area contributed by atoms with Crippen LogP contribution in [0.15, 0.2) is 24.3 Å². The average Bonchev–Trinajstić information content (AvgIpc) is 3.16. The summed E-state index contributed by atoms with van der Waals surface area (Å²) >= 11 is 0. The predicted molar refractivity (Wildman–Crippen MR) is 221 cm³/mol. The highest BCUT2D eigenvalue weighted by atomic mass is 32.3. The van der Waals surface area contributed by atoms with Crippen LogP contribution in [0.25, 0.3) is 0 Å². The summed E-state index contributed by atoms with van der Waals surface area (Å²) in [5, 5.41) is 30.5. The Balaban J connectivity index is 2.31. The Morgan fingerprint density at radius 1 is 0.679 bits per heavy atom. The van der Waals surface area contributed by atoms with Gasteiger partial charge in [-0.2, -0.15) is 8.42 Å². The van der Waals surface area contributed by atoms with E-state index in [-0.39, 0.29) is 19.6 Å². The molecule has 1 rings (SSSR count). The third-order valence-corrected chi connectivity index (χ3v) is 10.5. The first kappa shape index (κ1) is 52.6. The molecule has 1 saturated heterocycles. The molecule has 12 nitrogen and oxygen atoms in total. The maximum Gasteiger partial charge on any atom is 0.397 e. The number of carbonyl (C=O) groups excluding carboxylic acids is 1. The fourth-order valence-corrected chi connectivity index (χ4v) is 7.21. The van der Waals surface area contributed by atoms with Crippen LogP contribution in [0.1, 0.15) is 181 Å². The van der Waals surface area contributed by atoms with E-state index >= 15 is 0 Å². The summed E-state index contributed by atoms with van der Waals surface area (Å²) in [5.74, 6) is -0.407. The summed E-state index contributed by atoms with van der Waals surface area (Å²) in [4.78, 5) is 12.7. The maximum atomic E-state index is 12.7. The summed E-state index contributed by atoms with van der Waals surface area (Å²) in [6.45, 7) is 3.92. The fraction of sp³-hybridized carbons (Fsp3) is 0.884. The largest absolute Gasteiger partial charge is 0.457 e. The molecular formula is C43H80O12S. The van der Waals surface area contributed by atoms with Crippen molar-refractivity contribution in [1.29, 1.82) is 0 Å². The number of unbranched alkanes of at least 4 members (excludes halogenated alkanes) is 21. The summed E-state index contributed by atoms with van der Waals surface area (Å²) in [5.41, 5.74) is 0. The third kappa shape index (κ3) is 28.9. The highest BCUT2D eigenvalue weighted by Gasteiger charge is 2.48. The highest BCUT2D eigenvalue weighted by molar-refractivity contribution is 7.80. The van der Waals surface area contributed by atoms with Crippen molar-refractivity contribution in [2.24, 2.45) is 0 Å². The smallest absolute Gasteiger partial charge is 0.397 e. The van der Waals surface area contributed by atoms with Crippen LogP contribution in [0.5, 0.6) is 0 Å². The first-order valence-electron chi connectivity index (χ1n) is 22.1. The van der Waals surface area contributed by atoms with E-state index in [9.17, 15) is 28.5 Å². The minimum atomic E-state index is -5.05. The lowest BCUT2D eigenvalue weighted by Gasteiger charge is -2.41.